The van der Waals surface area contributed by atoms with Crippen LogP contribution in [0.5, 0.6) is 0 Å². The summed E-state index contributed by atoms with van der Waals surface area (Å²) in [5.74, 6) is 2.05. The maximum atomic E-state index is 4.30. The van der Waals surface area contributed by atoms with Gasteiger partial charge in [-0.15, -0.1) is 10.2 Å². The van der Waals surface area contributed by atoms with Gasteiger partial charge in [0.25, 0.3) is 0 Å². The Morgan fingerprint density at radius 3 is 3.29 bits per heavy atom. The van der Waals surface area contributed by atoms with Gasteiger partial charge in [0.1, 0.15) is 6.33 Å². The molecule has 76 valence electrons. The monoisotopic (exact) mass is 211 g/mol. The van der Waals surface area contributed by atoms with Gasteiger partial charge < -0.3 is 9.88 Å². The molecule has 2 rings (SSSR count). The number of nitrogens with zero attached hydrogens (tertiary/aromatic N) is 4. The smallest absolute Gasteiger partial charge is 0.157 e. The highest BCUT2D eigenvalue weighted by Crippen LogP contribution is 2.09. The lowest BCUT2D eigenvalue weighted by Crippen LogP contribution is -2.20. The summed E-state index contributed by atoms with van der Waals surface area (Å²) in [4.78, 5) is 4.30. The predicted molar refractivity (Wildman–Crippen MR) is 57.3 cm³/mol. The third-order valence-corrected chi connectivity index (χ3v) is 2.95. The first-order valence-electron chi connectivity index (χ1n) is 4.68. The molecule has 0 aromatic carbocycles. The number of nitrogens with one attached hydrogen (secondary N) is 1. The van der Waals surface area contributed by atoms with E-state index >= 15 is 0 Å². The Morgan fingerprint density at radius 1 is 1.64 bits per heavy atom. The molecule has 0 unspecified atom stereocenters. The SMILES string of the molecule is CCn1cnnc1CNC1=NCCS1. The molecule has 0 radical (unpaired) electrons. The Kier molecular flexibility index (Phi) is 3.03. The standard InChI is InChI=1S/C8H13N5S/c1-2-13-6-11-12-7(13)5-10-8-9-3-4-14-8/h6H,2-5H2,1H3,(H,9,10). The van der Waals surface area contributed by atoms with E-state index in [0.717, 1.165) is 29.8 Å². The molecular weight excluding hydrogens is 198 g/mol. The van der Waals surface area contributed by atoms with Crippen molar-refractivity contribution < 1.29 is 0 Å². The minimum atomic E-state index is 0.708. The van der Waals surface area contributed by atoms with E-state index in [-0.39, 0.29) is 0 Å². The normalized spacial score (nSPS) is 15.6. The third-order valence-electron chi connectivity index (χ3n) is 2.02. The lowest BCUT2D eigenvalue weighted by Gasteiger charge is -2.05. The average molecular weight is 211 g/mol. The maximum absolute atomic E-state index is 4.30. The van der Waals surface area contributed by atoms with E-state index in [0.29, 0.717) is 6.54 Å². The zero-order valence-electron chi connectivity index (χ0n) is 8.10. The van der Waals surface area contributed by atoms with Gasteiger partial charge in [0.15, 0.2) is 11.0 Å². The zero-order valence-corrected chi connectivity index (χ0v) is 8.92. The number of hydrogen-bond donors (Lipinski definition) is 1. The molecule has 1 aromatic rings. The summed E-state index contributed by atoms with van der Waals surface area (Å²) in [5.41, 5.74) is 0. The second kappa shape index (κ2) is 4.45. The van der Waals surface area contributed by atoms with Crippen LogP contribution in [0, 0.1) is 0 Å². The average Bonchev–Trinajstić information content (AvgIpc) is 2.85. The summed E-state index contributed by atoms with van der Waals surface area (Å²) in [7, 11) is 0. The Labute approximate surface area is 87.0 Å². The first-order chi connectivity index (χ1) is 6.90. The molecule has 0 bridgehead atoms. The van der Waals surface area contributed by atoms with Crippen molar-refractivity contribution in [3.63, 3.8) is 0 Å². The van der Waals surface area contributed by atoms with Crippen LogP contribution in [-0.4, -0.2) is 32.2 Å². The first-order valence-corrected chi connectivity index (χ1v) is 5.66. The van der Waals surface area contributed by atoms with Crippen molar-refractivity contribution >= 4 is 16.9 Å². The molecule has 0 saturated heterocycles. The van der Waals surface area contributed by atoms with Crippen molar-refractivity contribution in [3.05, 3.63) is 12.2 Å². The second-order valence-corrected chi connectivity index (χ2v) is 4.01. The van der Waals surface area contributed by atoms with Gasteiger partial charge in [-0.3, -0.25) is 4.99 Å². The van der Waals surface area contributed by atoms with Gasteiger partial charge in [-0.2, -0.15) is 0 Å². The van der Waals surface area contributed by atoms with Gasteiger partial charge in [-0.1, -0.05) is 11.8 Å². The second-order valence-electron chi connectivity index (χ2n) is 2.92. The molecule has 5 nitrogen and oxygen atoms in total. The molecule has 1 aromatic heterocycles. The number of rotatable bonds is 3. The molecule has 14 heavy (non-hydrogen) atoms. The fourth-order valence-corrected chi connectivity index (χ4v) is 2.01. The minimum absolute atomic E-state index is 0.708. The van der Waals surface area contributed by atoms with E-state index in [1.165, 1.54) is 0 Å². The largest absolute Gasteiger partial charge is 0.358 e. The van der Waals surface area contributed by atoms with E-state index in [4.69, 9.17) is 0 Å². The molecule has 6 heteroatoms. The van der Waals surface area contributed by atoms with Gasteiger partial charge in [-0.05, 0) is 6.92 Å². The van der Waals surface area contributed by atoms with Crippen molar-refractivity contribution in [2.45, 2.75) is 20.0 Å². The van der Waals surface area contributed by atoms with E-state index in [1.807, 2.05) is 4.57 Å². The van der Waals surface area contributed by atoms with Crippen molar-refractivity contribution in [3.8, 4) is 0 Å². The van der Waals surface area contributed by atoms with E-state index < -0.39 is 0 Å². The van der Waals surface area contributed by atoms with Gasteiger partial charge >= 0.3 is 0 Å². The highest BCUT2D eigenvalue weighted by atomic mass is 32.2. The number of amidine groups is 1. The van der Waals surface area contributed by atoms with Crippen LogP contribution >= 0.6 is 11.8 Å². The van der Waals surface area contributed by atoms with E-state index in [2.05, 4.69) is 27.4 Å². The summed E-state index contributed by atoms with van der Waals surface area (Å²) in [6.07, 6.45) is 1.75. The zero-order chi connectivity index (χ0) is 9.80. The van der Waals surface area contributed by atoms with Gasteiger partial charge in [0.05, 0.1) is 13.1 Å². The van der Waals surface area contributed by atoms with Crippen LogP contribution in [0.2, 0.25) is 0 Å². The van der Waals surface area contributed by atoms with Crippen molar-refractivity contribution in [1.82, 2.24) is 20.1 Å². The molecule has 0 amide bonds. The number of aliphatic imine (C=N–C) groups is 1. The molecule has 1 N–H and O–H groups in total. The van der Waals surface area contributed by atoms with Crippen molar-refractivity contribution in [1.29, 1.82) is 0 Å². The number of aromatic nitrogens is 3. The van der Waals surface area contributed by atoms with Crippen LogP contribution in [0.15, 0.2) is 11.3 Å². The van der Waals surface area contributed by atoms with Crippen molar-refractivity contribution in [2.24, 2.45) is 4.99 Å². The van der Waals surface area contributed by atoms with Crippen LogP contribution in [0.3, 0.4) is 0 Å². The van der Waals surface area contributed by atoms with Crippen LogP contribution < -0.4 is 5.32 Å². The Balaban J connectivity index is 1.91. The molecule has 1 aliphatic heterocycles. The first kappa shape index (κ1) is 9.51. The highest BCUT2D eigenvalue weighted by Gasteiger charge is 2.08. The minimum Gasteiger partial charge on any atom is -0.358 e. The van der Waals surface area contributed by atoms with Gasteiger partial charge in [-0.25, -0.2) is 0 Å². The van der Waals surface area contributed by atoms with Crippen LogP contribution in [0.25, 0.3) is 0 Å². The van der Waals surface area contributed by atoms with E-state index in [9.17, 15) is 0 Å². The fourth-order valence-electron chi connectivity index (χ4n) is 1.28. The molecule has 2 heterocycles. The fraction of sp³-hybridized carbons (Fsp3) is 0.625. The number of aryl methyl sites for hydroxylation is 1. The molecular formula is C8H13N5S. The lowest BCUT2D eigenvalue weighted by atomic mass is 10.5. The molecule has 0 aliphatic carbocycles. The molecule has 0 saturated carbocycles. The van der Waals surface area contributed by atoms with Crippen LogP contribution in [0.1, 0.15) is 12.7 Å². The Morgan fingerprint density at radius 2 is 2.57 bits per heavy atom. The summed E-state index contributed by atoms with van der Waals surface area (Å²) in [5, 5.41) is 12.2. The summed E-state index contributed by atoms with van der Waals surface area (Å²) in [6.45, 7) is 4.62. The number of hydrogen-bond acceptors (Lipinski definition) is 5. The van der Waals surface area contributed by atoms with Gasteiger partial charge in [0, 0.05) is 12.3 Å². The maximum Gasteiger partial charge on any atom is 0.157 e. The quantitative estimate of drug-likeness (QED) is 0.790. The molecule has 0 atom stereocenters. The van der Waals surface area contributed by atoms with Crippen molar-refractivity contribution in [2.75, 3.05) is 12.3 Å². The van der Waals surface area contributed by atoms with Gasteiger partial charge in [0.2, 0.25) is 0 Å². The third kappa shape index (κ3) is 2.06. The number of thioether (sulfide) groups is 1. The lowest BCUT2D eigenvalue weighted by molar-refractivity contribution is 0.680. The summed E-state index contributed by atoms with van der Waals surface area (Å²) < 4.78 is 2.02. The molecule has 1 aliphatic rings. The predicted octanol–water partition coefficient (Wildman–Crippen LogP) is 0.490. The molecule has 0 fully saturated rings. The topological polar surface area (TPSA) is 55.1 Å². The molecule has 0 spiro atoms. The van der Waals surface area contributed by atoms with Crippen LogP contribution in [0.4, 0.5) is 0 Å². The Bertz CT molecular complexity index is 332. The van der Waals surface area contributed by atoms with Crippen LogP contribution in [-0.2, 0) is 13.1 Å². The van der Waals surface area contributed by atoms with E-state index in [1.54, 1.807) is 18.1 Å². The highest BCUT2D eigenvalue weighted by molar-refractivity contribution is 8.14. The summed E-state index contributed by atoms with van der Waals surface area (Å²) in [6, 6.07) is 0. The Hall–Kier alpha value is -1.04. The summed E-state index contributed by atoms with van der Waals surface area (Å²) >= 11 is 1.76.